The molecule has 1 heterocycles. The second-order valence-electron chi connectivity index (χ2n) is 5.13. The fraction of sp³-hybridized carbons (Fsp3) is 0.0625. The number of hydrogen-bond donors (Lipinski definition) is 0. The molecule has 2 aliphatic rings. The molecule has 4 rings (SSSR count). The number of benzene rings is 2. The van der Waals surface area contributed by atoms with Crippen molar-refractivity contribution in [1.82, 2.24) is 0 Å². The fourth-order valence-corrected chi connectivity index (χ4v) is 4.02. The number of hydrogen-bond acceptors (Lipinski definition) is 5. The Morgan fingerprint density at radius 2 is 1.55 bits per heavy atom. The minimum Gasteiger partial charge on any atom is -0.289 e. The lowest BCUT2D eigenvalue weighted by Crippen LogP contribution is -2.23. The van der Waals surface area contributed by atoms with Crippen molar-refractivity contribution in [2.45, 2.75) is 4.90 Å². The highest BCUT2D eigenvalue weighted by Gasteiger charge is 2.35. The van der Waals surface area contributed by atoms with Crippen LogP contribution in [-0.2, 0) is 9.84 Å². The van der Waals surface area contributed by atoms with E-state index in [2.05, 4.69) is 4.99 Å². The van der Waals surface area contributed by atoms with E-state index in [9.17, 15) is 18.0 Å². The number of aliphatic imine (C=N–C) groups is 1. The molecule has 0 fully saturated rings. The van der Waals surface area contributed by atoms with Crippen LogP contribution in [-0.4, -0.2) is 32.0 Å². The summed E-state index contributed by atoms with van der Waals surface area (Å²) in [6, 6.07) is 9.29. The van der Waals surface area contributed by atoms with E-state index in [0.717, 1.165) is 0 Å². The van der Waals surface area contributed by atoms with Gasteiger partial charge in [-0.25, -0.2) is 8.42 Å². The second-order valence-corrected chi connectivity index (χ2v) is 7.13. The molecule has 0 N–H and O–H groups in total. The molecule has 0 saturated carbocycles. The van der Waals surface area contributed by atoms with Crippen molar-refractivity contribution in [3.8, 4) is 0 Å². The molecule has 108 valence electrons. The lowest BCUT2D eigenvalue weighted by molar-refractivity contribution is 0.0979. The van der Waals surface area contributed by atoms with Crippen LogP contribution in [0.5, 0.6) is 0 Å². The van der Waals surface area contributed by atoms with Gasteiger partial charge in [0.1, 0.15) is 0 Å². The third-order valence-corrected chi connectivity index (χ3v) is 5.47. The first-order valence-corrected chi connectivity index (χ1v) is 8.26. The summed E-state index contributed by atoms with van der Waals surface area (Å²) in [5.74, 6) is -0.847. The SMILES string of the molecule is O=C1c2ccccc2C(=O)c2c1ccc1c2N=CCS1(=O)=O. The van der Waals surface area contributed by atoms with Crippen LogP contribution >= 0.6 is 0 Å². The lowest BCUT2D eigenvalue weighted by atomic mass is 9.83. The number of carbonyl (C=O) groups is 2. The summed E-state index contributed by atoms with van der Waals surface area (Å²) < 4.78 is 24.2. The van der Waals surface area contributed by atoms with Gasteiger partial charge >= 0.3 is 0 Å². The molecular formula is C16H9NO4S. The molecule has 0 spiro atoms. The number of carbonyl (C=O) groups excluding carboxylic acids is 2. The van der Waals surface area contributed by atoms with Crippen LogP contribution in [0.3, 0.4) is 0 Å². The van der Waals surface area contributed by atoms with Gasteiger partial charge in [0.25, 0.3) is 0 Å². The fourth-order valence-electron chi connectivity index (χ4n) is 2.85. The van der Waals surface area contributed by atoms with Gasteiger partial charge in [0.15, 0.2) is 21.4 Å². The van der Waals surface area contributed by atoms with Gasteiger partial charge < -0.3 is 0 Å². The topological polar surface area (TPSA) is 80.6 Å². The molecule has 0 unspecified atom stereocenters. The predicted molar refractivity (Wildman–Crippen MR) is 80.0 cm³/mol. The molecule has 0 amide bonds. The summed E-state index contributed by atoms with van der Waals surface area (Å²) >= 11 is 0. The largest absolute Gasteiger partial charge is 0.289 e. The Bertz CT molecular complexity index is 1000. The maximum absolute atomic E-state index is 12.7. The Morgan fingerprint density at radius 1 is 0.864 bits per heavy atom. The number of nitrogens with zero attached hydrogens (tertiary/aromatic N) is 1. The molecule has 2 aromatic carbocycles. The molecule has 6 heteroatoms. The maximum atomic E-state index is 12.7. The van der Waals surface area contributed by atoms with E-state index >= 15 is 0 Å². The van der Waals surface area contributed by atoms with Gasteiger partial charge in [0, 0.05) is 22.9 Å². The van der Waals surface area contributed by atoms with Crippen molar-refractivity contribution < 1.29 is 18.0 Å². The summed E-state index contributed by atoms with van der Waals surface area (Å²) in [5, 5.41) is 0. The van der Waals surface area contributed by atoms with Gasteiger partial charge in [-0.05, 0) is 12.1 Å². The van der Waals surface area contributed by atoms with Crippen molar-refractivity contribution in [3.63, 3.8) is 0 Å². The molecule has 0 atom stereocenters. The zero-order valence-electron chi connectivity index (χ0n) is 11.2. The van der Waals surface area contributed by atoms with Crippen LogP contribution in [0.1, 0.15) is 31.8 Å². The van der Waals surface area contributed by atoms with Gasteiger partial charge in [0.2, 0.25) is 0 Å². The molecule has 0 radical (unpaired) electrons. The second kappa shape index (κ2) is 4.20. The Hall–Kier alpha value is -2.60. The number of fused-ring (bicyclic) bond motifs is 4. The normalized spacial score (nSPS) is 17.6. The van der Waals surface area contributed by atoms with Crippen molar-refractivity contribution in [2.24, 2.45) is 4.99 Å². The standard InChI is InChI=1S/C16H9NO4S/c18-15-9-3-1-2-4-10(9)16(19)13-11(15)5-6-12-14(13)17-7-8-22(12,20)21/h1-7H,8H2. The summed E-state index contributed by atoms with van der Waals surface area (Å²) in [4.78, 5) is 29.4. The Kier molecular flexibility index (Phi) is 2.50. The van der Waals surface area contributed by atoms with Gasteiger partial charge in [-0.3, -0.25) is 14.6 Å². The van der Waals surface area contributed by atoms with Crippen molar-refractivity contribution >= 4 is 33.3 Å². The molecule has 1 aliphatic carbocycles. The average Bonchev–Trinajstić information content (AvgIpc) is 2.51. The molecule has 22 heavy (non-hydrogen) atoms. The Balaban J connectivity index is 2.10. The third kappa shape index (κ3) is 1.58. The number of sulfone groups is 1. The summed E-state index contributed by atoms with van der Waals surface area (Å²) in [6.45, 7) is 0. The predicted octanol–water partition coefficient (Wildman–Crippen LogP) is 1.95. The molecule has 2 aromatic rings. The number of ketones is 2. The van der Waals surface area contributed by atoms with Gasteiger partial charge in [-0.1, -0.05) is 24.3 Å². The van der Waals surface area contributed by atoms with Gasteiger partial charge in [-0.2, -0.15) is 0 Å². The molecule has 1 aliphatic heterocycles. The van der Waals surface area contributed by atoms with E-state index in [1.165, 1.54) is 18.3 Å². The summed E-state index contributed by atoms with van der Waals surface area (Å²) in [5.41, 5.74) is 0.989. The first-order chi connectivity index (χ1) is 10.5. The monoisotopic (exact) mass is 311 g/mol. The highest BCUT2D eigenvalue weighted by atomic mass is 32.2. The van der Waals surface area contributed by atoms with Crippen LogP contribution in [0.2, 0.25) is 0 Å². The third-order valence-electron chi connectivity index (χ3n) is 3.88. The van der Waals surface area contributed by atoms with Gasteiger partial charge in [0.05, 0.1) is 21.9 Å². The number of rotatable bonds is 0. The Labute approximate surface area is 126 Å². The van der Waals surface area contributed by atoms with Gasteiger partial charge in [-0.15, -0.1) is 0 Å². The van der Waals surface area contributed by atoms with E-state index in [1.54, 1.807) is 24.3 Å². The van der Waals surface area contributed by atoms with E-state index in [1.807, 2.05) is 0 Å². The van der Waals surface area contributed by atoms with Crippen molar-refractivity contribution in [3.05, 3.63) is 58.7 Å². The van der Waals surface area contributed by atoms with Crippen LogP contribution in [0, 0.1) is 0 Å². The Morgan fingerprint density at radius 3 is 2.27 bits per heavy atom. The minimum atomic E-state index is -3.51. The zero-order valence-corrected chi connectivity index (χ0v) is 12.1. The first kappa shape index (κ1) is 13.1. The first-order valence-electron chi connectivity index (χ1n) is 6.61. The van der Waals surface area contributed by atoms with E-state index in [-0.39, 0.29) is 44.6 Å². The molecule has 5 nitrogen and oxygen atoms in total. The quantitative estimate of drug-likeness (QED) is 0.635. The lowest BCUT2D eigenvalue weighted by Gasteiger charge is -2.21. The molecular weight excluding hydrogens is 302 g/mol. The van der Waals surface area contributed by atoms with Crippen LogP contribution < -0.4 is 0 Å². The molecule has 0 aromatic heterocycles. The molecule has 0 saturated heterocycles. The minimum absolute atomic E-state index is 0.00859. The van der Waals surface area contributed by atoms with E-state index in [4.69, 9.17) is 0 Å². The van der Waals surface area contributed by atoms with Crippen molar-refractivity contribution in [1.29, 1.82) is 0 Å². The van der Waals surface area contributed by atoms with Crippen LogP contribution in [0.15, 0.2) is 46.3 Å². The maximum Gasteiger partial charge on any atom is 0.196 e. The van der Waals surface area contributed by atoms with Crippen LogP contribution in [0.25, 0.3) is 0 Å². The summed E-state index contributed by atoms with van der Waals surface area (Å²) in [7, 11) is -3.51. The smallest absolute Gasteiger partial charge is 0.196 e. The van der Waals surface area contributed by atoms with E-state index in [0.29, 0.717) is 5.56 Å². The molecule has 0 bridgehead atoms. The van der Waals surface area contributed by atoms with Crippen molar-refractivity contribution in [2.75, 3.05) is 5.75 Å². The summed E-state index contributed by atoms with van der Waals surface area (Å²) in [6.07, 6.45) is 1.26. The highest BCUT2D eigenvalue weighted by Crippen LogP contribution is 2.39. The zero-order chi connectivity index (χ0) is 15.5. The average molecular weight is 311 g/mol. The van der Waals surface area contributed by atoms with E-state index < -0.39 is 9.84 Å². The highest BCUT2D eigenvalue weighted by molar-refractivity contribution is 7.92. The van der Waals surface area contributed by atoms with Crippen LogP contribution in [0.4, 0.5) is 5.69 Å².